The van der Waals surface area contributed by atoms with Gasteiger partial charge in [0.05, 0.1) is 11.8 Å². The molecule has 3 aromatic rings. The highest BCUT2D eigenvalue weighted by atomic mass is 19.1. The number of halogens is 1. The van der Waals surface area contributed by atoms with E-state index >= 15 is 0 Å². The Morgan fingerprint density at radius 3 is 2.64 bits per heavy atom. The normalized spacial score (nSPS) is 29.9. The fourth-order valence-corrected chi connectivity index (χ4v) is 7.21. The Morgan fingerprint density at radius 1 is 1.00 bits per heavy atom. The summed E-state index contributed by atoms with van der Waals surface area (Å²) in [6.07, 6.45) is 7.03. The standard InChI is InChI=1S/C28H27FN4O3/c29-16-10-11-21-19(13-16)28(27(36)31-21)24-23(25(34)33(26(24)35)17-6-2-1-3-7-17)22(32-28)12-15-14-30-20-9-5-4-8-18(15)20/h4-5,8-11,13-14,17,22-24,30,32H,1-3,6-7,12H2,(H,31,36)/t22-,23-,24+,28-/m1/s1. The van der Waals surface area contributed by atoms with Gasteiger partial charge < -0.3 is 10.3 Å². The molecule has 1 aromatic heterocycles. The second kappa shape index (κ2) is 7.74. The number of hydrogen-bond donors (Lipinski definition) is 3. The van der Waals surface area contributed by atoms with E-state index in [2.05, 4.69) is 15.6 Å². The van der Waals surface area contributed by atoms with Gasteiger partial charge in [0.1, 0.15) is 11.4 Å². The number of H-pyrrole nitrogens is 1. The molecule has 2 aromatic carbocycles. The number of nitrogens with one attached hydrogen (secondary N) is 3. The minimum Gasteiger partial charge on any atom is -0.361 e. The van der Waals surface area contributed by atoms with Gasteiger partial charge in [-0.1, -0.05) is 37.5 Å². The lowest BCUT2D eigenvalue weighted by molar-refractivity contribution is -0.146. The number of anilines is 1. The Balaban J connectivity index is 1.36. The van der Waals surface area contributed by atoms with Crippen molar-refractivity contribution in [1.29, 1.82) is 0 Å². The molecule has 0 unspecified atom stereocenters. The van der Waals surface area contributed by atoms with E-state index in [1.165, 1.54) is 23.1 Å². The first-order chi connectivity index (χ1) is 17.5. The molecule has 0 radical (unpaired) electrons. The molecule has 4 aliphatic rings. The number of aromatic nitrogens is 1. The van der Waals surface area contributed by atoms with Crippen LogP contribution in [-0.2, 0) is 26.3 Å². The van der Waals surface area contributed by atoms with Crippen LogP contribution in [0.25, 0.3) is 10.9 Å². The molecule has 7 rings (SSSR count). The van der Waals surface area contributed by atoms with Gasteiger partial charge >= 0.3 is 0 Å². The Hall–Kier alpha value is -3.52. The summed E-state index contributed by atoms with van der Waals surface area (Å²) < 4.78 is 14.5. The number of aromatic amines is 1. The van der Waals surface area contributed by atoms with E-state index in [1.807, 2.05) is 30.5 Å². The van der Waals surface area contributed by atoms with Gasteiger partial charge in [0.15, 0.2) is 0 Å². The van der Waals surface area contributed by atoms with Crippen molar-refractivity contribution in [3.05, 3.63) is 65.6 Å². The first-order valence-electron chi connectivity index (χ1n) is 12.8. The highest BCUT2D eigenvalue weighted by molar-refractivity contribution is 6.15. The lowest BCUT2D eigenvalue weighted by Crippen LogP contribution is -2.54. The summed E-state index contributed by atoms with van der Waals surface area (Å²) in [5.41, 5.74) is 1.41. The van der Waals surface area contributed by atoms with Crippen molar-refractivity contribution in [2.75, 3.05) is 5.32 Å². The fourth-order valence-electron chi connectivity index (χ4n) is 7.21. The van der Waals surface area contributed by atoms with Crippen LogP contribution in [0.5, 0.6) is 0 Å². The predicted octanol–water partition coefficient (Wildman–Crippen LogP) is 3.60. The molecule has 0 bridgehead atoms. The van der Waals surface area contributed by atoms with Crippen molar-refractivity contribution < 1.29 is 18.8 Å². The fraction of sp³-hybridized carbons (Fsp3) is 0.393. The summed E-state index contributed by atoms with van der Waals surface area (Å²) >= 11 is 0. The van der Waals surface area contributed by atoms with Crippen LogP contribution in [0.4, 0.5) is 10.1 Å². The third-order valence-electron chi connectivity index (χ3n) is 8.77. The van der Waals surface area contributed by atoms with Crippen LogP contribution in [0, 0.1) is 17.7 Å². The Kier molecular flexibility index (Phi) is 4.67. The molecular formula is C28H27FN4O3. The molecule has 3 fully saturated rings. The SMILES string of the molecule is O=C1[C@H]2[C@@H](C(=O)N1C1CCCCC1)[C@@]1(N[C@@H]2Cc2c[nH]c3ccccc23)C(=O)Nc2ccc(F)cc21. The van der Waals surface area contributed by atoms with Crippen LogP contribution in [0.2, 0.25) is 0 Å². The molecule has 3 amide bonds. The number of para-hydroxylation sites is 1. The highest BCUT2D eigenvalue weighted by Gasteiger charge is 2.71. The van der Waals surface area contributed by atoms with Crippen molar-refractivity contribution in [2.24, 2.45) is 11.8 Å². The molecule has 1 aliphatic carbocycles. The van der Waals surface area contributed by atoms with Gasteiger partial charge in [-0.25, -0.2) is 4.39 Å². The average molecular weight is 487 g/mol. The van der Waals surface area contributed by atoms with E-state index in [0.29, 0.717) is 17.7 Å². The van der Waals surface area contributed by atoms with E-state index in [-0.39, 0.29) is 17.9 Å². The predicted molar refractivity (Wildman–Crippen MR) is 131 cm³/mol. The maximum atomic E-state index is 14.5. The minimum atomic E-state index is -1.48. The molecule has 3 N–H and O–H groups in total. The molecule has 3 aliphatic heterocycles. The molecule has 1 saturated carbocycles. The first kappa shape index (κ1) is 21.7. The average Bonchev–Trinajstić information content (AvgIpc) is 3.59. The smallest absolute Gasteiger partial charge is 0.250 e. The topological polar surface area (TPSA) is 94.3 Å². The molecule has 7 nitrogen and oxygen atoms in total. The summed E-state index contributed by atoms with van der Waals surface area (Å²) in [5.74, 6) is -3.00. The van der Waals surface area contributed by atoms with Crippen LogP contribution in [0.3, 0.4) is 0 Å². The van der Waals surface area contributed by atoms with Crippen LogP contribution in [0.15, 0.2) is 48.7 Å². The maximum absolute atomic E-state index is 14.5. The van der Waals surface area contributed by atoms with Crippen LogP contribution < -0.4 is 10.6 Å². The minimum absolute atomic E-state index is 0.133. The molecular weight excluding hydrogens is 459 g/mol. The maximum Gasteiger partial charge on any atom is 0.250 e. The van der Waals surface area contributed by atoms with Gasteiger partial charge in [-0.15, -0.1) is 0 Å². The van der Waals surface area contributed by atoms with Crippen molar-refractivity contribution in [3.8, 4) is 0 Å². The lowest BCUT2D eigenvalue weighted by atomic mass is 9.76. The first-order valence-corrected chi connectivity index (χ1v) is 12.8. The molecule has 4 atom stereocenters. The molecule has 4 heterocycles. The number of likely N-dealkylation sites (tertiary alicyclic amines) is 1. The van der Waals surface area contributed by atoms with E-state index < -0.39 is 35.1 Å². The third kappa shape index (κ3) is 2.85. The summed E-state index contributed by atoms with van der Waals surface area (Å²) in [7, 11) is 0. The third-order valence-corrected chi connectivity index (χ3v) is 8.77. The zero-order valence-corrected chi connectivity index (χ0v) is 19.7. The molecule has 1 spiro atoms. The number of carbonyl (C=O) groups is 3. The van der Waals surface area contributed by atoms with E-state index in [1.54, 1.807) is 0 Å². The van der Waals surface area contributed by atoms with Gasteiger partial charge in [0.2, 0.25) is 17.7 Å². The van der Waals surface area contributed by atoms with Crippen LogP contribution in [0.1, 0.15) is 43.2 Å². The number of rotatable bonds is 3. The van der Waals surface area contributed by atoms with Gasteiger partial charge in [0.25, 0.3) is 0 Å². The zero-order valence-electron chi connectivity index (χ0n) is 19.7. The Bertz CT molecular complexity index is 1430. The van der Waals surface area contributed by atoms with Gasteiger partial charge in [-0.05, 0) is 49.1 Å². The number of nitrogens with zero attached hydrogens (tertiary/aromatic N) is 1. The number of imide groups is 1. The largest absolute Gasteiger partial charge is 0.361 e. The van der Waals surface area contributed by atoms with Crippen LogP contribution >= 0.6 is 0 Å². The number of fused-ring (bicyclic) bond motifs is 5. The van der Waals surface area contributed by atoms with E-state index in [9.17, 15) is 18.8 Å². The quantitative estimate of drug-likeness (QED) is 0.493. The monoisotopic (exact) mass is 486 g/mol. The number of amides is 3. The molecule has 36 heavy (non-hydrogen) atoms. The van der Waals surface area contributed by atoms with E-state index in [4.69, 9.17) is 0 Å². The zero-order chi connectivity index (χ0) is 24.6. The van der Waals surface area contributed by atoms with Crippen molar-refractivity contribution >= 4 is 34.3 Å². The molecule has 2 saturated heterocycles. The summed E-state index contributed by atoms with van der Waals surface area (Å²) in [6, 6.07) is 11.5. The number of benzene rings is 2. The van der Waals surface area contributed by atoms with Gasteiger partial charge in [-0.3, -0.25) is 24.6 Å². The second-order valence-corrected chi connectivity index (χ2v) is 10.6. The second-order valence-electron chi connectivity index (χ2n) is 10.6. The summed E-state index contributed by atoms with van der Waals surface area (Å²) in [5, 5.41) is 7.32. The lowest BCUT2D eigenvalue weighted by Gasteiger charge is -2.34. The van der Waals surface area contributed by atoms with Gasteiger partial charge in [-0.2, -0.15) is 0 Å². The summed E-state index contributed by atoms with van der Waals surface area (Å²) in [4.78, 5) is 46.4. The number of hydrogen-bond acceptors (Lipinski definition) is 4. The van der Waals surface area contributed by atoms with Crippen molar-refractivity contribution in [3.63, 3.8) is 0 Å². The highest BCUT2D eigenvalue weighted by Crippen LogP contribution is 2.54. The van der Waals surface area contributed by atoms with Gasteiger partial charge in [0, 0.05) is 40.4 Å². The summed E-state index contributed by atoms with van der Waals surface area (Å²) in [6.45, 7) is 0. The van der Waals surface area contributed by atoms with Crippen molar-refractivity contribution in [2.45, 2.75) is 56.1 Å². The number of carbonyl (C=O) groups excluding carboxylic acids is 3. The van der Waals surface area contributed by atoms with Crippen molar-refractivity contribution in [1.82, 2.24) is 15.2 Å². The Morgan fingerprint density at radius 2 is 1.81 bits per heavy atom. The van der Waals surface area contributed by atoms with Crippen LogP contribution in [-0.4, -0.2) is 39.7 Å². The van der Waals surface area contributed by atoms with E-state index in [0.717, 1.165) is 48.6 Å². The Labute approximate surface area is 207 Å². The molecule has 8 heteroatoms. The molecule has 184 valence electrons.